The van der Waals surface area contributed by atoms with Crippen LogP contribution in [0, 0.1) is 17.0 Å². The summed E-state index contributed by atoms with van der Waals surface area (Å²) in [4.78, 5) is 19.4. The number of rotatable bonds is 4. The maximum Gasteiger partial charge on any atom is 0.269 e. The summed E-state index contributed by atoms with van der Waals surface area (Å²) in [6.45, 7) is 5.33. The summed E-state index contributed by atoms with van der Waals surface area (Å²) in [5.74, 6) is 0.537. The molecule has 7 nitrogen and oxygen atoms in total. The van der Waals surface area contributed by atoms with E-state index in [0.29, 0.717) is 0 Å². The molecule has 0 saturated carbocycles. The summed E-state index contributed by atoms with van der Waals surface area (Å²) >= 11 is 14.6. The molecule has 0 N–H and O–H groups in total. The molecule has 0 atom stereocenters. The van der Waals surface area contributed by atoms with Gasteiger partial charge >= 0.3 is 0 Å². The van der Waals surface area contributed by atoms with Gasteiger partial charge in [-0.15, -0.1) is 0 Å². The number of aromatic nitrogens is 1. The average molecular weight is 466 g/mol. The summed E-state index contributed by atoms with van der Waals surface area (Å²) in [6, 6.07) is 10.6. The van der Waals surface area contributed by atoms with Gasteiger partial charge in [0.1, 0.15) is 11.6 Å². The van der Waals surface area contributed by atoms with Gasteiger partial charge < -0.3 is 14.5 Å². The van der Waals surface area contributed by atoms with Crippen molar-refractivity contribution in [3.05, 3.63) is 52.2 Å². The largest absolute Gasteiger partial charge is 0.497 e. The first-order valence-corrected chi connectivity index (χ1v) is 12.4. The van der Waals surface area contributed by atoms with Crippen LogP contribution in [0.4, 0.5) is 17.2 Å². The number of non-ortho nitro benzene ring substituents is 1. The number of hydrogen-bond acceptors (Lipinski definition) is 6. The van der Waals surface area contributed by atoms with E-state index < -0.39 is 5.98 Å². The van der Waals surface area contributed by atoms with E-state index in [1.54, 1.807) is 19.2 Å². The van der Waals surface area contributed by atoms with E-state index in [2.05, 4.69) is 14.8 Å². The third kappa shape index (κ3) is 6.82. The lowest BCUT2D eigenvalue weighted by atomic mass is 10.2. The summed E-state index contributed by atoms with van der Waals surface area (Å²) in [7, 11) is 1.66. The maximum absolute atomic E-state index is 10.7. The lowest BCUT2D eigenvalue weighted by Crippen LogP contribution is -2.46. The van der Waals surface area contributed by atoms with E-state index in [9.17, 15) is 10.1 Å². The number of methoxy groups -OCH3 is 1. The van der Waals surface area contributed by atoms with E-state index >= 15 is 0 Å². The van der Waals surface area contributed by atoms with Crippen molar-refractivity contribution in [2.75, 3.05) is 43.1 Å². The standard InChI is InChI=1S/C17H20N4O3.Cl3P/c1-13-11-16(24-2)12-17(18-13)20-9-7-19(8-10-20)14-3-5-15(6-4-14)21(22)23;1-4(2)3/h3-6,11-12H,7-10H2,1-2H3;. The molecular weight excluding hydrogens is 446 g/mol. The van der Waals surface area contributed by atoms with Crippen LogP contribution in [0.3, 0.4) is 0 Å². The first kappa shape index (κ1) is 22.8. The Labute approximate surface area is 179 Å². The van der Waals surface area contributed by atoms with Crippen molar-refractivity contribution in [2.24, 2.45) is 0 Å². The number of pyridine rings is 1. The molecule has 0 aliphatic carbocycles. The highest BCUT2D eigenvalue weighted by Crippen LogP contribution is 2.51. The highest BCUT2D eigenvalue weighted by molar-refractivity contribution is 8.20. The zero-order valence-electron chi connectivity index (χ0n) is 15.4. The van der Waals surface area contributed by atoms with Crippen molar-refractivity contribution in [1.29, 1.82) is 0 Å². The van der Waals surface area contributed by atoms with Crippen LogP contribution in [0.25, 0.3) is 0 Å². The predicted octanol–water partition coefficient (Wildman–Crippen LogP) is 5.56. The molecule has 1 saturated heterocycles. The first-order chi connectivity index (χ1) is 13.3. The van der Waals surface area contributed by atoms with Gasteiger partial charge in [0.2, 0.25) is 0 Å². The van der Waals surface area contributed by atoms with Gasteiger partial charge in [-0.2, -0.15) is 0 Å². The number of nitrogens with zero attached hydrogens (tertiary/aromatic N) is 4. The van der Waals surface area contributed by atoms with Crippen LogP contribution in [-0.4, -0.2) is 43.2 Å². The molecule has 1 aliphatic heterocycles. The summed E-state index contributed by atoms with van der Waals surface area (Å²) in [6.07, 6.45) is 0. The van der Waals surface area contributed by atoms with Gasteiger partial charge in [-0.25, -0.2) is 4.98 Å². The van der Waals surface area contributed by atoms with E-state index in [0.717, 1.165) is 49.1 Å². The van der Waals surface area contributed by atoms with Gasteiger partial charge in [-0.3, -0.25) is 10.1 Å². The number of nitro benzene ring substituents is 1. The van der Waals surface area contributed by atoms with Crippen molar-refractivity contribution < 1.29 is 9.66 Å². The van der Waals surface area contributed by atoms with Crippen LogP contribution >= 0.6 is 39.7 Å². The van der Waals surface area contributed by atoms with Gasteiger partial charge in [-0.05, 0) is 19.1 Å². The van der Waals surface area contributed by atoms with Crippen molar-refractivity contribution in [2.45, 2.75) is 6.92 Å². The third-order valence-electron chi connectivity index (χ3n) is 4.18. The minimum Gasteiger partial charge on any atom is -0.497 e. The minimum absolute atomic E-state index is 0.119. The number of nitro groups is 1. The average Bonchev–Trinajstić information content (AvgIpc) is 2.67. The van der Waals surface area contributed by atoms with Crippen LogP contribution in [0.15, 0.2) is 36.4 Å². The summed E-state index contributed by atoms with van der Waals surface area (Å²) in [5, 5.41) is 10.7. The Morgan fingerprint density at radius 2 is 1.61 bits per heavy atom. The molecule has 152 valence electrons. The second-order valence-electron chi connectivity index (χ2n) is 5.95. The second-order valence-corrected chi connectivity index (χ2v) is 10.9. The SMILES string of the molecule is COc1cc(C)nc(N2CCN(c3ccc([N+](=O)[O-])cc3)CC2)c1.ClP(Cl)Cl. The van der Waals surface area contributed by atoms with Gasteiger partial charge in [-0.1, -0.05) is 33.7 Å². The van der Waals surface area contributed by atoms with Crippen molar-refractivity contribution in [3.8, 4) is 5.75 Å². The van der Waals surface area contributed by atoms with Crippen LogP contribution in [0.5, 0.6) is 5.75 Å². The van der Waals surface area contributed by atoms with Gasteiger partial charge in [0.05, 0.1) is 12.0 Å². The monoisotopic (exact) mass is 464 g/mol. The quantitative estimate of drug-likeness (QED) is 0.334. The number of anilines is 2. The topological polar surface area (TPSA) is 71.7 Å². The Morgan fingerprint density at radius 3 is 2.11 bits per heavy atom. The zero-order chi connectivity index (χ0) is 20.7. The molecule has 0 radical (unpaired) electrons. The van der Waals surface area contributed by atoms with Gasteiger partial charge in [0.15, 0.2) is 5.98 Å². The summed E-state index contributed by atoms with van der Waals surface area (Å²) < 4.78 is 5.32. The summed E-state index contributed by atoms with van der Waals surface area (Å²) in [5.41, 5.74) is 2.06. The Morgan fingerprint density at radius 1 is 1.07 bits per heavy atom. The Bertz CT molecular complexity index is 785. The molecule has 0 spiro atoms. The number of aryl methyl sites for hydroxylation is 1. The van der Waals surface area contributed by atoms with E-state index in [1.807, 2.05) is 31.2 Å². The number of hydrogen-bond donors (Lipinski definition) is 0. The smallest absolute Gasteiger partial charge is 0.269 e. The van der Waals surface area contributed by atoms with Crippen LogP contribution in [-0.2, 0) is 0 Å². The molecule has 2 heterocycles. The highest BCUT2D eigenvalue weighted by Gasteiger charge is 2.19. The minimum atomic E-state index is -1.20. The lowest BCUT2D eigenvalue weighted by molar-refractivity contribution is -0.384. The maximum atomic E-state index is 10.7. The fourth-order valence-corrected chi connectivity index (χ4v) is 2.88. The Balaban J connectivity index is 0.000000640. The molecule has 1 aromatic heterocycles. The second kappa shape index (κ2) is 10.9. The molecule has 0 bridgehead atoms. The molecule has 0 amide bonds. The molecule has 1 aromatic carbocycles. The Hall–Kier alpha value is -1.53. The van der Waals surface area contributed by atoms with Gasteiger partial charge in [0.25, 0.3) is 5.69 Å². The molecule has 1 aliphatic rings. The molecular formula is C17H20Cl3N4O3P. The van der Waals surface area contributed by atoms with E-state index in [-0.39, 0.29) is 10.6 Å². The fraction of sp³-hybridized carbons (Fsp3) is 0.353. The van der Waals surface area contributed by atoms with Crippen molar-refractivity contribution in [1.82, 2.24) is 4.98 Å². The molecule has 1 fully saturated rings. The number of benzene rings is 1. The number of piperazine rings is 1. The van der Waals surface area contributed by atoms with Crippen molar-refractivity contribution >= 4 is 56.9 Å². The molecule has 0 unspecified atom stereocenters. The molecule has 28 heavy (non-hydrogen) atoms. The molecule has 11 heteroatoms. The van der Waals surface area contributed by atoms with Gasteiger partial charge in [0, 0.05) is 61.8 Å². The molecule has 3 rings (SSSR count). The van der Waals surface area contributed by atoms with Crippen molar-refractivity contribution in [3.63, 3.8) is 0 Å². The van der Waals surface area contributed by atoms with Crippen LogP contribution < -0.4 is 14.5 Å². The normalized spacial score (nSPS) is 13.8. The van der Waals surface area contributed by atoms with E-state index in [4.69, 9.17) is 38.5 Å². The molecule has 2 aromatic rings. The Kier molecular flexibility index (Phi) is 8.83. The van der Waals surface area contributed by atoms with E-state index in [1.165, 1.54) is 0 Å². The van der Waals surface area contributed by atoms with Crippen LogP contribution in [0.1, 0.15) is 5.69 Å². The number of halogens is 3. The first-order valence-electron chi connectivity index (χ1n) is 8.34. The third-order valence-corrected chi connectivity index (χ3v) is 4.18. The fourth-order valence-electron chi connectivity index (χ4n) is 2.88. The predicted molar refractivity (Wildman–Crippen MR) is 118 cm³/mol. The number of ether oxygens (including phenoxy) is 1. The highest BCUT2D eigenvalue weighted by atomic mass is 36.0. The van der Waals surface area contributed by atoms with Crippen LogP contribution in [0.2, 0.25) is 0 Å². The lowest BCUT2D eigenvalue weighted by Gasteiger charge is -2.36. The zero-order valence-corrected chi connectivity index (χ0v) is 18.5.